The molecule has 1 aromatic heterocycles. The second-order valence-electron chi connectivity index (χ2n) is 7.81. The molecule has 1 heterocycles. The highest BCUT2D eigenvalue weighted by molar-refractivity contribution is 9.10. The smallest absolute Gasteiger partial charge is 0.285 e. The molecule has 2 N–H and O–H groups in total. The number of hydrogen-bond donors (Lipinski definition) is 2. The highest BCUT2D eigenvalue weighted by atomic mass is 79.9. The molecule has 11 heteroatoms. The minimum Gasteiger partial charge on any atom is -0.493 e. The molecule has 8 nitrogen and oxygen atoms in total. The lowest BCUT2D eigenvalue weighted by atomic mass is 10.2. The van der Waals surface area contributed by atoms with Gasteiger partial charge in [-0.25, -0.2) is 8.42 Å². The maximum atomic E-state index is 13.6. The van der Waals surface area contributed by atoms with E-state index in [1.165, 1.54) is 12.1 Å². The van der Waals surface area contributed by atoms with E-state index >= 15 is 0 Å². The predicted molar refractivity (Wildman–Crippen MR) is 139 cm³/mol. The number of amides is 1. The highest BCUT2D eigenvalue weighted by Crippen LogP contribution is 2.37. The molecule has 180 valence electrons. The van der Waals surface area contributed by atoms with E-state index in [9.17, 15) is 18.3 Å². The maximum Gasteiger partial charge on any atom is 0.285 e. The van der Waals surface area contributed by atoms with Gasteiger partial charge in [0, 0.05) is 14.9 Å². The van der Waals surface area contributed by atoms with E-state index in [4.69, 9.17) is 11.6 Å². The van der Waals surface area contributed by atoms with Gasteiger partial charge in [0.05, 0.1) is 16.1 Å². The standard InChI is InChI=1S/C24H20BrClN4O4S/c1-14-6-9-17(10-7-14)35(33,34)30(21-5-3-4-19(26)15(21)2)13-22(31)28-29-23-18-12-16(25)8-11-20(18)27-24(23)32/h3-12,27,32H,13H2,1-2H3. The number of carbonyl (C=O) groups is 1. The molecule has 1 amide bonds. The summed E-state index contributed by atoms with van der Waals surface area (Å²) < 4.78 is 28.8. The molecule has 0 fully saturated rings. The number of azo groups is 1. The summed E-state index contributed by atoms with van der Waals surface area (Å²) >= 11 is 9.60. The Bertz CT molecular complexity index is 1570. The summed E-state index contributed by atoms with van der Waals surface area (Å²) in [4.78, 5) is 15.6. The number of nitrogens with one attached hydrogen (secondary N) is 1. The van der Waals surface area contributed by atoms with Crippen molar-refractivity contribution in [2.45, 2.75) is 18.7 Å². The lowest BCUT2D eigenvalue weighted by Gasteiger charge is -2.25. The predicted octanol–water partition coefficient (Wildman–Crippen LogP) is 6.41. The molecule has 0 unspecified atom stereocenters. The summed E-state index contributed by atoms with van der Waals surface area (Å²) in [5.74, 6) is -1.09. The third-order valence-electron chi connectivity index (χ3n) is 5.37. The van der Waals surface area contributed by atoms with E-state index < -0.39 is 22.5 Å². The number of sulfonamides is 1. The lowest BCUT2D eigenvalue weighted by molar-refractivity contribution is -0.116. The van der Waals surface area contributed by atoms with Crippen LogP contribution >= 0.6 is 27.5 Å². The fourth-order valence-electron chi connectivity index (χ4n) is 3.50. The van der Waals surface area contributed by atoms with E-state index in [0.717, 1.165) is 14.3 Å². The van der Waals surface area contributed by atoms with Gasteiger partial charge in [0.25, 0.3) is 15.9 Å². The molecule has 4 aromatic rings. The van der Waals surface area contributed by atoms with Crippen molar-refractivity contribution in [3.05, 3.63) is 81.3 Å². The number of aryl methyl sites for hydroxylation is 1. The molecule has 0 saturated heterocycles. The fraction of sp³-hybridized carbons (Fsp3) is 0.125. The quantitative estimate of drug-likeness (QED) is 0.258. The Kier molecular flexibility index (Phi) is 6.98. The summed E-state index contributed by atoms with van der Waals surface area (Å²) in [6.45, 7) is 2.90. The van der Waals surface area contributed by atoms with Crippen LogP contribution in [0.15, 0.2) is 80.3 Å². The first-order valence-corrected chi connectivity index (χ1v) is 13.0. The molecule has 0 aliphatic rings. The number of rotatable bonds is 6. The molecule has 35 heavy (non-hydrogen) atoms. The summed E-state index contributed by atoms with van der Waals surface area (Å²) in [5, 5.41) is 18.7. The zero-order valence-electron chi connectivity index (χ0n) is 18.7. The first kappa shape index (κ1) is 24.9. The van der Waals surface area contributed by atoms with Crippen LogP contribution in [0.3, 0.4) is 0 Å². The maximum absolute atomic E-state index is 13.6. The second kappa shape index (κ2) is 9.80. The average Bonchev–Trinajstić information content (AvgIpc) is 3.12. The van der Waals surface area contributed by atoms with Gasteiger partial charge in [-0.05, 0) is 61.9 Å². The van der Waals surface area contributed by atoms with Crippen LogP contribution in [0.1, 0.15) is 11.1 Å². The normalized spacial score (nSPS) is 11.9. The Morgan fingerprint density at radius 1 is 1.11 bits per heavy atom. The van der Waals surface area contributed by atoms with E-state index in [2.05, 4.69) is 31.1 Å². The van der Waals surface area contributed by atoms with Crippen molar-refractivity contribution in [2.75, 3.05) is 10.8 Å². The molecule has 0 atom stereocenters. The zero-order chi connectivity index (χ0) is 25.3. The number of aromatic nitrogens is 1. The zero-order valence-corrected chi connectivity index (χ0v) is 21.8. The summed E-state index contributed by atoms with van der Waals surface area (Å²) in [5.41, 5.74) is 2.31. The molecule has 3 aromatic carbocycles. The molecule has 0 radical (unpaired) electrons. The Morgan fingerprint density at radius 3 is 2.54 bits per heavy atom. The summed E-state index contributed by atoms with van der Waals surface area (Å²) in [7, 11) is -4.14. The monoisotopic (exact) mass is 574 g/mol. The van der Waals surface area contributed by atoms with Gasteiger partial charge >= 0.3 is 0 Å². The van der Waals surface area contributed by atoms with E-state index in [0.29, 0.717) is 21.5 Å². The van der Waals surface area contributed by atoms with Crippen molar-refractivity contribution in [2.24, 2.45) is 10.2 Å². The van der Waals surface area contributed by atoms with Gasteiger partial charge in [-0.2, -0.15) is 0 Å². The van der Waals surface area contributed by atoms with Crippen LogP contribution in [-0.4, -0.2) is 31.0 Å². The van der Waals surface area contributed by atoms with Crippen LogP contribution in [-0.2, 0) is 14.8 Å². The van der Waals surface area contributed by atoms with Crippen LogP contribution in [0.4, 0.5) is 11.4 Å². The first-order chi connectivity index (χ1) is 16.6. The Hall–Kier alpha value is -3.21. The first-order valence-electron chi connectivity index (χ1n) is 10.4. The number of anilines is 1. The van der Waals surface area contributed by atoms with Gasteiger partial charge in [-0.3, -0.25) is 9.10 Å². The van der Waals surface area contributed by atoms with Crippen LogP contribution in [0.2, 0.25) is 5.02 Å². The van der Waals surface area contributed by atoms with Gasteiger partial charge in [0.1, 0.15) is 6.54 Å². The number of carbonyl (C=O) groups excluding carboxylic acids is 1. The molecule has 4 rings (SSSR count). The number of benzene rings is 3. The SMILES string of the molecule is Cc1ccc(S(=O)(=O)N(CC(=O)N=Nc2c(O)[nH]c3ccc(Br)cc23)c2cccc(Cl)c2C)cc1. The molecule has 0 aliphatic carbocycles. The molecule has 0 saturated carbocycles. The van der Waals surface area contributed by atoms with Gasteiger partial charge in [-0.15, -0.1) is 10.2 Å². The van der Waals surface area contributed by atoms with Gasteiger partial charge in [0.15, 0.2) is 5.69 Å². The van der Waals surface area contributed by atoms with Crippen molar-refractivity contribution >= 4 is 65.7 Å². The number of halogens is 2. The van der Waals surface area contributed by atoms with Gasteiger partial charge < -0.3 is 10.1 Å². The van der Waals surface area contributed by atoms with Gasteiger partial charge in [-0.1, -0.05) is 51.3 Å². The number of nitrogens with zero attached hydrogens (tertiary/aromatic N) is 3. The minimum absolute atomic E-state index is 0.0198. The lowest BCUT2D eigenvalue weighted by Crippen LogP contribution is -2.35. The number of H-pyrrole nitrogens is 1. The van der Waals surface area contributed by atoms with E-state index in [1.54, 1.807) is 55.5 Å². The number of hydrogen-bond acceptors (Lipinski definition) is 5. The Labute approximate surface area is 215 Å². The Balaban J connectivity index is 1.72. The van der Waals surface area contributed by atoms with Crippen LogP contribution in [0, 0.1) is 13.8 Å². The molecule has 0 aliphatic heterocycles. The third kappa shape index (κ3) is 5.09. The summed E-state index contributed by atoms with van der Waals surface area (Å²) in [6.07, 6.45) is 0. The van der Waals surface area contributed by atoms with Crippen molar-refractivity contribution in [3.8, 4) is 5.88 Å². The summed E-state index contributed by atoms with van der Waals surface area (Å²) in [6, 6.07) is 16.4. The van der Waals surface area contributed by atoms with Crippen molar-refractivity contribution < 1.29 is 18.3 Å². The highest BCUT2D eigenvalue weighted by Gasteiger charge is 2.29. The number of aromatic hydroxyl groups is 1. The Morgan fingerprint density at radius 2 is 1.83 bits per heavy atom. The van der Waals surface area contributed by atoms with Crippen molar-refractivity contribution in [1.82, 2.24) is 4.98 Å². The van der Waals surface area contributed by atoms with Crippen LogP contribution in [0.5, 0.6) is 5.88 Å². The van der Waals surface area contributed by atoms with Crippen LogP contribution in [0.25, 0.3) is 10.9 Å². The number of fused-ring (bicyclic) bond motifs is 1. The minimum atomic E-state index is -4.14. The van der Waals surface area contributed by atoms with Crippen LogP contribution < -0.4 is 4.31 Å². The molecular weight excluding hydrogens is 556 g/mol. The largest absolute Gasteiger partial charge is 0.493 e. The second-order valence-corrected chi connectivity index (χ2v) is 11.0. The van der Waals surface area contributed by atoms with Gasteiger partial charge in [0.2, 0.25) is 5.88 Å². The number of aromatic amines is 1. The molecule has 0 spiro atoms. The van der Waals surface area contributed by atoms with E-state index in [-0.39, 0.29) is 22.2 Å². The van der Waals surface area contributed by atoms with Crippen molar-refractivity contribution in [1.29, 1.82) is 0 Å². The molecule has 0 bridgehead atoms. The topological polar surface area (TPSA) is 115 Å². The van der Waals surface area contributed by atoms with Crippen molar-refractivity contribution in [3.63, 3.8) is 0 Å². The average molecular weight is 576 g/mol. The fourth-order valence-corrected chi connectivity index (χ4v) is 5.50. The van der Waals surface area contributed by atoms with E-state index in [1.807, 2.05) is 6.92 Å². The molecular formula is C24H20BrClN4O4S. The third-order valence-corrected chi connectivity index (χ3v) is 8.05.